The smallest absolute Gasteiger partial charge is 0.0701 e. The molecular formula is C72H58N4. The van der Waals surface area contributed by atoms with E-state index >= 15 is 0 Å². The number of hydrogen-bond acceptors (Lipinski definition) is 3. The van der Waals surface area contributed by atoms with E-state index in [9.17, 15) is 0 Å². The largest absolute Gasteiger partial charge is 0.337 e. The second-order valence-electron chi connectivity index (χ2n) is 21.7. The highest BCUT2D eigenvalue weighted by Gasteiger charge is 2.42. The fourth-order valence-electron chi connectivity index (χ4n) is 13.6. The third-order valence-electron chi connectivity index (χ3n) is 17.2. The Labute approximate surface area is 446 Å². The molecule has 6 aliphatic rings. The van der Waals surface area contributed by atoms with Crippen molar-refractivity contribution in [3.05, 3.63) is 276 Å². The van der Waals surface area contributed by atoms with E-state index in [1.54, 1.807) is 0 Å². The lowest BCUT2D eigenvalue weighted by molar-refractivity contribution is 0.593. The molecule has 4 nitrogen and oxygen atoms in total. The Morgan fingerprint density at radius 3 is 2.04 bits per heavy atom. The number of hydrogen-bond donors (Lipinski definition) is 0. The van der Waals surface area contributed by atoms with E-state index in [2.05, 4.69) is 251 Å². The Bertz CT molecular complexity index is 4000. The minimum Gasteiger partial charge on any atom is -0.337 e. The molecule has 76 heavy (non-hydrogen) atoms. The highest BCUT2D eigenvalue weighted by atomic mass is 15.2. The lowest BCUT2D eigenvalue weighted by Crippen LogP contribution is -2.33. The highest BCUT2D eigenvalue weighted by Crippen LogP contribution is 2.53. The summed E-state index contributed by atoms with van der Waals surface area (Å²) in [5.41, 5.74) is 25.9. The van der Waals surface area contributed by atoms with Gasteiger partial charge in [0, 0.05) is 62.5 Å². The third kappa shape index (κ3) is 7.53. The Kier molecular flexibility index (Phi) is 10.8. The van der Waals surface area contributed by atoms with Gasteiger partial charge in [-0.15, -0.1) is 0 Å². The molecule has 0 N–H and O–H groups in total. The maximum Gasteiger partial charge on any atom is 0.0701 e. The van der Waals surface area contributed by atoms with Crippen LogP contribution in [0.1, 0.15) is 62.1 Å². The number of pyridine rings is 1. The first kappa shape index (κ1) is 44.7. The summed E-state index contributed by atoms with van der Waals surface area (Å²) < 4.78 is 2.44. The van der Waals surface area contributed by atoms with Crippen LogP contribution in [0.4, 0.5) is 17.1 Å². The second-order valence-corrected chi connectivity index (χ2v) is 21.7. The van der Waals surface area contributed by atoms with Crippen molar-refractivity contribution in [3.8, 4) is 28.1 Å². The lowest BCUT2D eigenvalue weighted by atomic mass is 9.80. The minimum atomic E-state index is 0.148. The van der Waals surface area contributed by atoms with Gasteiger partial charge in [-0.05, 0) is 185 Å². The molecule has 366 valence electrons. The summed E-state index contributed by atoms with van der Waals surface area (Å²) in [6, 6.07) is 69.8. The van der Waals surface area contributed by atoms with Crippen LogP contribution in [0.5, 0.6) is 0 Å². The topological polar surface area (TPSA) is 24.3 Å². The zero-order chi connectivity index (χ0) is 50.3. The van der Waals surface area contributed by atoms with Crippen molar-refractivity contribution in [3.63, 3.8) is 0 Å². The number of allylic oxidation sites excluding steroid dienone is 9. The molecule has 0 spiro atoms. The zero-order valence-electron chi connectivity index (χ0n) is 42.9. The van der Waals surface area contributed by atoms with E-state index in [1.807, 2.05) is 12.3 Å². The molecule has 0 bridgehead atoms. The van der Waals surface area contributed by atoms with Gasteiger partial charge in [-0.1, -0.05) is 153 Å². The molecule has 0 amide bonds. The SMILES string of the molecule is CC1C=C(c2ccc3c(c2)C2=CC(C4=CC5C6=C(CCC(c7ccccc7)=C6)N(c6ccc7c(c6)c6cc(-c8ccccc8)ccc6n7-c6ccccc6)C5C=C4)=CCC2N3c2ccc(-c3ccccn3)cc2)CCC1. The summed E-state index contributed by atoms with van der Waals surface area (Å²) in [6.45, 7) is 2.37. The molecule has 4 aliphatic carbocycles. The van der Waals surface area contributed by atoms with Gasteiger partial charge in [0.15, 0.2) is 0 Å². The van der Waals surface area contributed by atoms with Crippen molar-refractivity contribution < 1.29 is 0 Å². The second kappa shape index (κ2) is 18.3. The average Bonchev–Trinajstić information content (AvgIpc) is 4.12. The quantitative estimate of drug-likeness (QED) is 0.152. The predicted octanol–water partition coefficient (Wildman–Crippen LogP) is 18.1. The van der Waals surface area contributed by atoms with Gasteiger partial charge in [0.05, 0.1) is 28.8 Å². The number of para-hydroxylation sites is 1. The summed E-state index contributed by atoms with van der Waals surface area (Å²) in [7, 11) is 0. The first-order valence-electron chi connectivity index (χ1n) is 27.5. The van der Waals surface area contributed by atoms with E-state index in [1.165, 1.54) is 124 Å². The number of nitrogens with zero attached hydrogens (tertiary/aromatic N) is 4. The molecule has 4 unspecified atom stereocenters. The van der Waals surface area contributed by atoms with Crippen molar-refractivity contribution in [1.82, 2.24) is 9.55 Å². The van der Waals surface area contributed by atoms with E-state index in [4.69, 9.17) is 0 Å². The summed E-state index contributed by atoms with van der Waals surface area (Å²) in [4.78, 5) is 9.95. The van der Waals surface area contributed by atoms with Crippen LogP contribution in [-0.4, -0.2) is 21.6 Å². The molecule has 0 fully saturated rings. The van der Waals surface area contributed by atoms with Crippen LogP contribution in [0, 0.1) is 11.8 Å². The van der Waals surface area contributed by atoms with Crippen molar-refractivity contribution in [2.45, 2.75) is 57.5 Å². The monoisotopic (exact) mass is 978 g/mol. The Morgan fingerprint density at radius 1 is 0.526 bits per heavy atom. The number of benzene rings is 7. The molecule has 2 aliphatic heterocycles. The van der Waals surface area contributed by atoms with Crippen molar-refractivity contribution >= 4 is 55.6 Å². The molecule has 9 aromatic rings. The van der Waals surface area contributed by atoms with Crippen LogP contribution < -0.4 is 9.80 Å². The fraction of sp³-hybridized carbons (Fsp3) is 0.153. The van der Waals surface area contributed by atoms with Crippen LogP contribution in [-0.2, 0) is 0 Å². The van der Waals surface area contributed by atoms with Crippen LogP contribution >= 0.6 is 0 Å². The lowest BCUT2D eigenvalue weighted by Gasteiger charge is -2.33. The Hall–Kier alpha value is -8.73. The van der Waals surface area contributed by atoms with E-state index < -0.39 is 0 Å². The number of aromatic nitrogens is 2. The maximum atomic E-state index is 4.66. The standard InChI is InChI=1S/C72H58N4/c1-47-14-13-19-51(40-47)54-27-35-67-61(43-54)62-44-55(28-36-68(62)75(67)58-30-23-50(24-31-58)66-22-11-12-39-73-66)56-29-37-71-63(45-56)60-41-52(48-15-5-2-6-16-48)26-34-70(60)76(71)59-32-38-72-65(46-59)64-42-53(49-17-7-3-8-18-49)25-33-69(64)74(72)57-20-9-4-10-21-57/h2-12,15-18,20-25,27-33,35,37-47,63,68,71H,13-14,19,26,34,36H2,1H3. The summed E-state index contributed by atoms with van der Waals surface area (Å²) in [5.74, 6) is 0.799. The maximum absolute atomic E-state index is 4.66. The molecule has 4 atom stereocenters. The van der Waals surface area contributed by atoms with Crippen LogP contribution in [0.25, 0.3) is 66.6 Å². The number of fused-ring (bicyclic) bond motifs is 8. The van der Waals surface area contributed by atoms with Gasteiger partial charge >= 0.3 is 0 Å². The van der Waals surface area contributed by atoms with Crippen molar-refractivity contribution in [2.75, 3.05) is 9.80 Å². The molecule has 15 rings (SSSR count). The third-order valence-corrected chi connectivity index (χ3v) is 17.2. The first-order chi connectivity index (χ1) is 37.6. The Morgan fingerprint density at radius 2 is 1.25 bits per heavy atom. The number of anilines is 3. The van der Waals surface area contributed by atoms with Gasteiger partial charge < -0.3 is 14.4 Å². The molecule has 4 heteroatoms. The van der Waals surface area contributed by atoms with E-state index in [0.717, 1.165) is 36.9 Å². The van der Waals surface area contributed by atoms with Gasteiger partial charge in [0.25, 0.3) is 0 Å². The van der Waals surface area contributed by atoms with Crippen LogP contribution in [0.15, 0.2) is 259 Å². The van der Waals surface area contributed by atoms with Gasteiger partial charge in [-0.2, -0.15) is 0 Å². The molecule has 0 radical (unpaired) electrons. The zero-order valence-corrected chi connectivity index (χ0v) is 42.9. The van der Waals surface area contributed by atoms with Gasteiger partial charge in [-0.3, -0.25) is 4.98 Å². The van der Waals surface area contributed by atoms with Crippen molar-refractivity contribution in [1.29, 1.82) is 0 Å². The van der Waals surface area contributed by atoms with E-state index in [0.29, 0.717) is 5.92 Å². The molecule has 2 aromatic heterocycles. The Balaban J connectivity index is 0.831. The van der Waals surface area contributed by atoms with Crippen molar-refractivity contribution in [2.24, 2.45) is 11.8 Å². The summed E-state index contributed by atoms with van der Waals surface area (Å²) >= 11 is 0. The average molecular weight is 979 g/mol. The normalized spacial score (nSPS) is 20.6. The fourth-order valence-corrected chi connectivity index (χ4v) is 13.6. The molecular weight excluding hydrogens is 921 g/mol. The van der Waals surface area contributed by atoms with Gasteiger partial charge in [0.2, 0.25) is 0 Å². The minimum absolute atomic E-state index is 0.148. The summed E-state index contributed by atoms with van der Waals surface area (Å²) in [5, 5.41) is 2.54. The molecule has 0 saturated heterocycles. The van der Waals surface area contributed by atoms with Crippen LogP contribution in [0.3, 0.4) is 0 Å². The molecule has 4 heterocycles. The molecule has 7 aromatic carbocycles. The molecule has 0 saturated carbocycles. The van der Waals surface area contributed by atoms with Gasteiger partial charge in [0.1, 0.15) is 0 Å². The first-order valence-corrected chi connectivity index (χ1v) is 27.5. The van der Waals surface area contributed by atoms with Gasteiger partial charge in [-0.25, -0.2) is 0 Å². The predicted molar refractivity (Wildman–Crippen MR) is 318 cm³/mol. The highest BCUT2D eigenvalue weighted by molar-refractivity contribution is 6.11. The van der Waals surface area contributed by atoms with E-state index in [-0.39, 0.29) is 18.0 Å². The summed E-state index contributed by atoms with van der Waals surface area (Å²) in [6.07, 6.45) is 26.2. The van der Waals surface area contributed by atoms with Crippen LogP contribution in [0.2, 0.25) is 0 Å². The number of rotatable bonds is 8.